The van der Waals surface area contributed by atoms with Crippen LogP contribution in [0.25, 0.3) is 0 Å². The van der Waals surface area contributed by atoms with Crippen molar-refractivity contribution in [2.24, 2.45) is 5.92 Å². The molecule has 1 atom stereocenters. The van der Waals surface area contributed by atoms with E-state index in [4.69, 9.17) is 0 Å². The average Bonchev–Trinajstić information content (AvgIpc) is 2.68. The first-order chi connectivity index (χ1) is 13.6. The van der Waals surface area contributed by atoms with Gasteiger partial charge in [0.2, 0.25) is 20.0 Å². The Labute approximate surface area is 173 Å². The number of nitrogens with one attached hydrogen (secondary N) is 1. The zero-order chi connectivity index (χ0) is 21.2. The van der Waals surface area contributed by atoms with Crippen LogP contribution in [0.5, 0.6) is 0 Å². The van der Waals surface area contributed by atoms with E-state index in [0.29, 0.717) is 44.0 Å². The molecule has 2 heterocycles. The van der Waals surface area contributed by atoms with Crippen molar-refractivity contribution in [2.75, 3.05) is 32.4 Å². The summed E-state index contributed by atoms with van der Waals surface area (Å²) in [6.45, 7) is 3.88. The second kappa shape index (κ2) is 8.71. The van der Waals surface area contributed by atoms with E-state index in [2.05, 4.69) is 12.2 Å². The second-order valence-electron chi connectivity index (χ2n) is 8.04. The summed E-state index contributed by atoms with van der Waals surface area (Å²) < 4.78 is 51.9. The Kier molecular flexibility index (Phi) is 6.67. The fraction of sp³-hybridized carbons (Fsp3) is 0.632. The lowest BCUT2D eigenvalue weighted by Gasteiger charge is -2.31. The Bertz CT molecular complexity index is 937. The molecule has 0 bridgehead atoms. The molecule has 2 aliphatic heterocycles. The minimum Gasteiger partial charge on any atom is -0.348 e. The molecule has 0 spiro atoms. The van der Waals surface area contributed by atoms with Gasteiger partial charge in [-0.15, -0.1) is 0 Å². The third kappa shape index (κ3) is 5.36. The van der Waals surface area contributed by atoms with Crippen LogP contribution < -0.4 is 5.32 Å². The fourth-order valence-corrected chi connectivity index (χ4v) is 6.16. The first kappa shape index (κ1) is 22.2. The monoisotopic (exact) mass is 443 g/mol. The summed E-state index contributed by atoms with van der Waals surface area (Å²) in [4.78, 5) is 12.7. The smallest absolute Gasteiger partial charge is 0.251 e. The number of amides is 1. The highest BCUT2D eigenvalue weighted by molar-refractivity contribution is 7.89. The van der Waals surface area contributed by atoms with Gasteiger partial charge in [0.05, 0.1) is 11.2 Å². The van der Waals surface area contributed by atoms with Crippen molar-refractivity contribution in [1.29, 1.82) is 0 Å². The molecule has 8 nitrogen and oxygen atoms in total. The predicted molar refractivity (Wildman–Crippen MR) is 111 cm³/mol. The largest absolute Gasteiger partial charge is 0.348 e. The number of carbonyl (C=O) groups excluding carboxylic acids is 1. The summed E-state index contributed by atoms with van der Waals surface area (Å²) in [6.07, 6.45) is 4.26. The molecular weight excluding hydrogens is 414 g/mol. The number of sulfonamides is 2. The van der Waals surface area contributed by atoms with Crippen LogP contribution >= 0.6 is 0 Å². The fourth-order valence-electron chi connectivity index (χ4n) is 3.78. The highest BCUT2D eigenvalue weighted by Crippen LogP contribution is 2.23. The van der Waals surface area contributed by atoms with Crippen LogP contribution in [0.1, 0.15) is 43.0 Å². The van der Waals surface area contributed by atoms with Crippen LogP contribution in [-0.4, -0.2) is 69.8 Å². The standard InChI is InChI=1S/C19H29N3O5S2/c1-15-9-12-21(13-10-15)29(26,27)18-7-5-16(6-8-18)19(23)20-17-4-3-11-22(14-17)28(2,24)25/h5-8,15,17H,3-4,9-14H2,1-2H3,(H,20,23). The molecule has 3 rings (SSSR count). The molecule has 2 aliphatic rings. The number of benzene rings is 1. The second-order valence-corrected chi connectivity index (χ2v) is 12.0. The van der Waals surface area contributed by atoms with E-state index in [1.54, 1.807) is 0 Å². The molecule has 1 aromatic carbocycles. The van der Waals surface area contributed by atoms with Crippen LogP contribution in [0.2, 0.25) is 0 Å². The quantitative estimate of drug-likeness (QED) is 0.738. The van der Waals surface area contributed by atoms with Crippen LogP contribution in [0.4, 0.5) is 0 Å². The lowest BCUT2D eigenvalue weighted by atomic mass is 10.0. The van der Waals surface area contributed by atoms with Gasteiger partial charge in [0, 0.05) is 37.8 Å². The Hall–Kier alpha value is -1.49. The Morgan fingerprint density at radius 1 is 0.966 bits per heavy atom. The van der Waals surface area contributed by atoms with Crippen molar-refractivity contribution in [3.63, 3.8) is 0 Å². The summed E-state index contributed by atoms with van der Waals surface area (Å²) >= 11 is 0. The van der Waals surface area contributed by atoms with E-state index < -0.39 is 20.0 Å². The molecule has 1 aromatic rings. The molecule has 1 N–H and O–H groups in total. The van der Waals surface area contributed by atoms with Gasteiger partial charge < -0.3 is 5.32 Å². The number of hydrogen-bond acceptors (Lipinski definition) is 5. The number of hydrogen-bond donors (Lipinski definition) is 1. The van der Waals surface area contributed by atoms with Gasteiger partial charge in [-0.2, -0.15) is 4.31 Å². The zero-order valence-electron chi connectivity index (χ0n) is 16.9. The van der Waals surface area contributed by atoms with Gasteiger partial charge in [-0.1, -0.05) is 6.92 Å². The molecule has 10 heteroatoms. The van der Waals surface area contributed by atoms with Gasteiger partial charge >= 0.3 is 0 Å². The number of piperidine rings is 2. The van der Waals surface area contributed by atoms with E-state index in [9.17, 15) is 21.6 Å². The molecule has 0 saturated carbocycles. The van der Waals surface area contributed by atoms with Crippen molar-refractivity contribution in [1.82, 2.24) is 13.9 Å². The summed E-state index contributed by atoms with van der Waals surface area (Å²) in [6, 6.07) is 5.68. The number of rotatable bonds is 5. The number of nitrogens with zero attached hydrogens (tertiary/aromatic N) is 2. The van der Waals surface area contributed by atoms with Crippen molar-refractivity contribution < 1.29 is 21.6 Å². The minimum atomic E-state index is -3.55. The molecule has 1 amide bonds. The van der Waals surface area contributed by atoms with Gasteiger partial charge in [-0.05, 0) is 55.9 Å². The minimum absolute atomic E-state index is 0.185. The Morgan fingerprint density at radius 3 is 2.17 bits per heavy atom. The maximum absolute atomic E-state index is 12.8. The highest BCUT2D eigenvalue weighted by atomic mass is 32.2. The molecule has 0 radical (unpaired) electrons. The maximum atomic E-state index is 12.8. The van der Waals surface area contributed by atoms with Gasteiger partial charge in [-0.25, -0.2) is 21.1 Å². The van der Waals surface area contributed by atoms with Gasteiger partial charge in [0.25, 0.3) is 5.91 Å². The maximum Gasteiger partial charge on any atom is 0.251 e. The van der Waals surface area contributed by atoms with Crippen LogP contribution in [0.3, 0.4) is 0 Å². The number of carbonyl (C=O) groups is 1. The topological polar surface area (TPSA) is 104 Å². The van der Waals surface area contributed by atoms with Gasteiger partial charge in [0.1, 0.15) is 0 Å². The lowest BCUT2D eigenvalue weighted by Crippen LogP contribution is -2.49. The van der Waals surface area contributed by atoms with E-state index in [0.717, 1.165) is 12.8 Å². The normalized spacial score (nSPS) is 23.0. The van der Waals surface area contributed by atoms with Crippen molar-refractivity contribution in [3.05, 3.63) is 29.8 Å². The summed E-state index contributed by atoms with van der Waals surface area (Å²) in [5, 5.41) is 2.86. The molecule has 29 heavy (non-hydrogen) atoms. The van der Waals surface area contributed by atoms with Crippen LogP contribution in [0, 0.1) is 5.92 Å². The summed E-state index contributed by atoms with van der Waals surface area (Å²) in [5.41, 5.74) is 0.354. The van der Waals surface area contributed by atoms with Gasteiger partial charge in [-0.3, -0.25) is 4.79 Å². The molecular formula is C19H29N3O5S2. The highest BCUT2D eigenvalue weighted by Gasteiger charge is 2.29. The Morgan fingerprint density at radius 2 is 1.59 bits per heavy atom. The van der Waals surface area contributed by atoms with Crippen molar-refractivity contribution >= 4 is 26.0 Å². The van der Waals surface area contributed by atoms with Crippen molar-refractivity contribution in [2.45, 2.75) is 43.5 Å². The zero-order valence-corrected chi connectivity index (χ0v) is 18.5. The molecule has 0 aromatic heterocycles. The Balaban J connectivity index is 1.64. The van der Waals surface area contributed by atoms with E-state index in [1.807, 2.05) is 0 Å². The van der Waals surface area contributed by atoms with E-state index in [1.165, 1.54) is 39.1 Å². The first-order valence-corrected chi connectivity index (χ1v) is 13.2. The molecule has 1 unspecified atom stereocenters. The van der Waals surface area contributed by atoms with E-state index in [-0.39, 0.29) is 23.4 Å². The molecule has 2 fully saturated rings. The van der Waals surface area contributed by atoms with Crippen molar-refractivity contribution in [3.8, 4) is 0 Å². The molecule has 2 saturated heterocycles. The molecule has 0 aliphatic carbocycles. The molecule has 162 valence electrons. The average molecular weight is 444 g/mol. The summed E-state index contributed by atoms with van der Waals surface area (Å²) in [7, 11) is -6.84. The van der Waals surface area contributed by atoms with Crippen LogP contribution in [0.15, 0.2) is 29.2 Å². The van der Waals surface area contributed by atoms with E-state index >= 15 is 0 Å². The SMILES string of the molecule is CC1CCN(S(=O)(=O)c2ccc(C(=O)NC3CCCN(S(C)(=O)=O)C3)cc2)CC1. The first-order valence-electron chi connectivity index (χ1n) is 9.93. The van der Waals surface area contributed by atoms with Crippen LogP contribution in [-0.2, 0) is 20.0 Å². The predicted octanol–water partition coefficient (Wildman–Crippen LogP) is 1.26. The third-order valence-corrected chi connectivity index (χ3v) is 8.87. The summed E-state index contributed by atoms with van der Waals surface area (Å²) in [5.74, 6) is 0.201. The third-order valence-electron chi connectivity index (χ3n) is 5.69. The van der Waals surface area contributed by atoms with Gasteiger partial charge in [0.15, 0.2) is 0 Å². The lowest BCUT2D eigenvalue weighted by molar-refractivity contribution is 0.0921.